The number of hydrogen-bond donors (Lipinski definition) is 6. The Balaban J connectivity index is 1.21. The fraction of sp³-hybridized carbons (Fsp3) is 0.562. The largest absolute Gasteiger partial charge is 0.456 e. The number of aliphatic hydroxyl groups excluding tert-OH is 2. The van der Waals surface area contributed by atoms with E-state index in [9.17, 15) is 34.5 Å². The van der Waals surface area contributed by atoms with Gasteiger partial charge < -0.3 is 25.4 Å². The number of carbonyl (C=O) groups is 4. The average molecular weight is 647 g/mol. The summed E-state index contributed by atoms with van der Waals surface area (Å²) in [6.07, 6.45) is 0.929. The molecule has 3 fully saturated rings. The number of allylic oxidation sites excluding steroid dienone is 4. The molecule has 0 heterocycles. The highest BCUT2D eigenvalue weighted by Gasteiger charge is 2.76. The molecule has 1 amide bonds. The minimum absolute atomic E-state index is 0.116. The minimum atomic E-state index is -2.45. The van der Waals surface area contributed by atoms with E-state index in [1.54, 1.807) is 31.2 Å². The van der Waals surface area contributed by atoms with Gasteiger partial charge in [0.25, 0.3) is 0 Å². The SMILES string of the molecule is C[C@]12C=CC(=O)C=C1CC[C@H]1[C@@H]3C[C@@H](O)[C@](O)(C(=O)COC(=O)CNC(=O)Cc4cccc(CON(O)O)c4)[C@@]3(C)C[C@H](O)[C@@]12F. The van der Waals surface area contributed by atoms with Gasteiger partial charge in [-0.15, -0.1) is 0 Å². The Labute approximate surface area is 264 Å². The number of amides is 1. The van der Waals surface area contributed by atoms with Gasteiger partial charge >= 0.3 is 5.97 Å². The molecule has 0 unspecified atom stereocenters. The van der Waals surface area contributed by atoms with Crippen molar-refractivity contribution in [1.29, 1.82) is 0 Å². The van der Waals surface area contributed by atoms with E-state index < -0.39 is 82.3 Å². The number of rotatable bonds is 10. The van der Waals surface area contributed by atoms with E-state index in [0.29, 0.717) is 23.1 Å². The molecule has 46 heavy (non-hydrogen) atoms. The lowest BCUT2D eigenvalue weighted by Gasteiger charge is -2.62. The molecule has 0 saturated heterocycles. The third-order valence-corrected chi connectivity index (χ3v) is 10.8. The van der Waals surface area contributed by atoms with E-state index in [4.69, 9.17) is 15.2 Å². The van der Waals surface area contributed by atoms with Gasteiger partial charge in [0.2, 0.25) is 11.7 Å². The van der Waals surface area contributed by atoms with Gasteiger partial charge in [0.1, 0.15) is 6.54 Å². The van der Waals surface area contributed by atoms with Crippen LogP contribution in [0.15, 0.2) is 48.1 Å². The summed E-state index contributed by atoms with van der Waals surface area (Å²) < 4.78 is 22.3. The van der Waals surface area contributed by atoms with Crippen LogP contribution in [0.2, 0.25) is 0 Å². The lowest BCUT2D eigenvalue weighted by Crippen LogP contribution is -2.69. The van der Waals surface area contributed by atoms with Crippen molar-refractivity contribution in [1.82, 2.24) is 10.7 Å². The summed E-state index contributed by atoms with van der Waals surface area (Å²) in [6.45, 7) is 1.49. The molecule has 5 rings (SSSR count). The zero-order valence-corrected chi connectivity index (χ0v) is 25.5. The van der Waals surface area contributed by atoms with Gasteiger partial charge in [0, 0.05) is 16.7 Å². The molecule has 4 aliphatic rings. The Hall–Kier alpha value is -3.37. The number of nitrogens with one attached hydrogen (secondary N) is 1. The summed E-state index contributed by atoms with van der Waals surface area (Å²) >= 11 is 0. The molecular weight excluding hydrogens is 607 g/mol. The molecule has 250 valence electrons. The number of ketones is 2. The van der Waals surface area contributed by atoms with Crippen LogP contribution < -0.4 is 5.32 Å². The summed E-state index contributed by atoms with van der Waals surface area (Å²) in [5.41, 5.74) is -5.73. The number of fused-ring (bicyclic) bond motifs is 5. The van der Waals surface area contributed by atoms with E-state index in [2.05, 4.69) is 10.2 Å². The van der Waals surface area contributed by atoms with Gasteiger partial charge in [-0.3, -0.25) is 29.6 Å². The van der Waals surface area contributed by atoms with E-state index in [-0.39, 0.29) is 38.1 Å². The molecule has 1 aromatic carbocycles. The maximum Gasteiger partial charge on any atom is 0.325 e. The number of benzene rings is 1. The molecule has 13 nitrogen and oxygen atoms in total. The maximum atomic E-state index is 17.2. The monoisotopic (exact) mass is 646 g/mol. The molecule has 6 N–H and O–H groups in total. The number of esters is 1. The van der Waals surface area contributed by atoms with Crippen LogP contribution in [0.25, 0.3) is 0 Å². The normalized spacial score (nSPS) is 36.4. The molecule has 3 saturated carbocycles. The lowest BCUT2D eigenvalue weighted by molar-refractivity contribution is -0.497. The van der Waals surface area contributed by atoms with Crippen molar-refractivity contribution >= 4 is 23.4 Å². The van der Waals surface area contributed by atoms with E-state index in [1.165, 1.54) is 25.2 Å². The van der Waals surface area contributed by atoms with Crippen LogP contribution in [0.1, 0.15) is 50.7 Å². The van der Waals surface area contributed by atoms with Crippen LogP contribution in [0.5, 0.6) is 0 Å². The number of nitrogens with zero attached hydrogens (tertiary/aromatic N) is 1. The highest BCUT2D eigenvalue weighted by atomic mass is 19.1. The van der Waals surface area contributed by atoms with Gasteiger partial charge in [-0.1, -0.05) is 42.8 Å². The second-order valence-electron chi connectivity index (χ2n) is 13.2. The maximum absolute atomic E-state index is 17.2. The standard InChI is InChI=1S/C32H39FN2O11/c1-29-9-8-21(36)12-20(29)6-7-22-23-13-24(37)32(42,30(23,2)14-25(38)31(22,29)33)26(39)17-45-28(41)15-34-27(40)11-18-4-3-5-19(10-18)16-46-35(43)44/h3-5,8-10,12,22-25,37-38,42-44H,6-7,11,13-17H2,1-2H3,(H,34,40)/t22-,23-,24+,25-,29-,30-,31-,32-/m0/s1. The molecule has 0 aromatic heterocycles. The van der Waals surface area contributed by atoms with E-state index in [1.807, 2.05) is 0 Å². The number of halogens is 1. The number of Topliss-reactive ketones (excluding diaryl/α,β-unsaturated/α-hetero) is 1. The first-order valence-electron chi connectivity index (χ1n) is 15.1. The topological polar surface area (TPSA) is 203 Å². The molecule has 0 spiro atoms. The van der Waals surface area contributed by atoms with Crippen LogP contribution in [0, 0.1) is 22.7 Å². The number of aliphatic hydroxyl groups is 3. The lowest BCUT2D eigenvalue weighted by atomic mass is 9.44. The predicted molar refractivity (Wildman–Crippen MR) is 154 cm³/mol. The van der Waals surface area contributed by atoms with Gasteiger partial charge in [-0.05, 0) is 61.8 Å². The summed E-state index contributed by atoms with van der Waals surface area (Å²) in [6, 6.07) is 6.50. The van der Waals surface area contributed by atoms with Crippen LogP contribution in [-0.4, -0.2) is 91.2 Å². The Bertz CT molecular complexity index is 1480. The third kappa shape index (κ3) is 5.51. The number of alkyl halides is 1. The fourth-order valence-electron chi connectivity index (χ4n) is 8.42. The van der Waals surface area contributed by atoms with Crippen molar-refractivity contribution in [3.8, 4) is 0 Å². The molecule has 0 bridgehead atoms. The van der Waals surface area contributed by atoms with Crippen LogP contribution in [-0.2, 0) is 41.8 Å². The van der Waals surface area contributed by atoms with Crippen molar-refractivity contribution in [3.63, 3.8) is 0 Å². The van der Waals surface area contributed by atoms with E-state index >= 15 is 4.39 Å². The highest BCUT2D eigenvalue weighted by molar-refractivity contribution is 6.01. The van der Waals surface area contributed by atoms with Crippen LogP contribution >= 0.6 is 0 Å². The van der Waals surface area contributed by atoms with Gasteiger partial charge in [0.15, 0.2) is 23.7 Å². The second kappa shape index (κ2) is 12.3. The fourth-order valence-corrected chi connectivity index (χ4v) is 8.42. The van der Waals surface area contributed by atoms with Crippen LogP contribution in [0.4, 0.5) is 4.39 Å². The number of hydrogen-bond acceptors (Lipinski definition) is 12. The Morgan fingerprint density at radius 1 is 1.11 bits per heavy atom. The number of carbonyl (C=O) groups excluding carboxylic acids is 4. The van der Waals surface area contributed by atoms with Crippen molar-refractivity contribution < 1.29 is 58.9 Å². The smallest absolute Gasteiger partial charge is 0.325 e. The van der Waals surface area contributed by atoms with Gasteiger partial charge in [-0.2, -0.15) is 0 Å². The molecule has 0 aliphatic heterocycles. The van der Waals surface area contributed by atoms with Crippen molar-refractivity contribution in [2.45, 2.75) is 76.0 Å². The zero-order chi connectivity index (χ0) is 33.7. The molecule has 0 radical (unpaired) electrons. The quantitative estimate of drug-likeness (QED) is 0.156. The predicted octanol–water partition coefficient (Wildman–Crippen LogP) is 1.04. The molecule has 8 atom stereocenters. The van der Waals surface area contributed by atoms with Crippen molar-refractivity contribution in [2.24, 2.45) is 22.7 Å². The zero-order valence-electron chi connectivity index (χ0n) is 25.5. The Kier molecular flexibility index (Phi) is 9.11. The first kappa shape index (κ1) is 34.0. The minimum Gasteiger partial charge on any atom is -0.456 e. The first-order chi connectivity index (χ1) is 21.6. The summed E-state index contributed by atoms with van der Waals surface area (Å²) in [5, 5.41) is 53.5. The summed E-state index contributed by atoms with van der Waals surface area (Å²) in [5.74, 6) is -4.33. The summed E-state index contributed by atoms with van der Waals surface area (Å²) in [4.78, 5) is 54.8. The van der Waals surface area contributed by atoms with Gasteiger partial charge in [0.05, 0.1) is 30.6 Å². The Morgan fingerprint density at radius 2 is 1.83 bits per heavy atom. The van der Waals surface area contributed by atoms with Gasteiger partial charge in [-0.25, -0.2) is 9.23 Å². The highest BCUT2D eigenvalue weighted by Crippen LogP contribution is 2.69. The van der Waals surface area contributed by atoms with Crippen molar-refractivity contribution in [3.05, 3.63) is 59.2 Å². The molecular formula is C32H39FN2O11. The second-order valence-corrected chi connectivity index (χ2v) is 13.2. The molecule has 14 heteroatoms. The molecule has 1 aromatic rings. The van der Waals surface area contributed by atoms with Crippen molar-refractivity contribution in [2.75, 3.05) is 13.2 Å². The van der Waals surface area contributed by atoms with Crippen LogP contribution in [0.3, 0.4) is 0 Å². The first-order valence-corrected chi connectivity index (χ1v) is 15.1. The van der Waals surface area contributed by atoms with E-state index in [0.717, 1.165) is 0 Å². The number of ether oxygens (including phenoxy) is 1. The summed E-state index contributed by atoms with van der Waals surface area (Å²) in [7, 11) is 0. The molecule has 4 aliphatic carbocycles. The Morgan fingerprint density at radius 3 is 2.54 bits per heavy atom. The average Bonchev–Trinajstić information content (AvgIpc) is 3.20. The third-order valence-electron chi connectivity index (χ3n) is 10.8.